The van der Waals surface area contributed by atoms with Crippen LogP contribution in [0.5, 0.6) is 0 Å². The zero-order valence-corrected chi connectivity index (χ0v) is 11.8. The van der Waals surface area contributed by atoms with Crippen molar-refractivity contribution in [2.45, 2.75) is 32.1 Å². The first kappa shape index (κ1) is 13.0. The maximum absolute atomic E-state index is 5.67. The van der Waals surface area contributed by atoms with Gasteiger partial charge in [0.2, 0.25) is 0 Å². The first-order valence-electron chi connectivity index (χ1n) is 7.27. The molecule has 3 rings (SSSR count). The maximum atomic E-state index is 5.67. The number of nitrogens with two attached hydrogens (primary N) is 1. The Morgan fingerprint density at radius 3 is 2.70 bits per heavy atom. The normalized spacial score (nSPS) is 16.6. The van der Waals surface area contributed by atoms with Gasteiger partial charge in [0.05, 0.1) is 0 Å². The van der Waals surface area contributed by atoms with Crippen LogP contribution in [-0.2, 0) is 6.42 Å². The standard InChI is InChI=1S/C15H21N5/c1-2-11-3-4-15(17-10-11)20-7-5-12(6-8-20)13-9-14(16)19-18-13/h3-4,9-10,12H,2,5-8H2,1H3,(H3,16,18,19). The lowest BCUT2D eigenvalue weighted by Crippen LogP contribution is -2.33. The first-order valence-corrected chi connectivity index (χ1v) is 7.27. The van der Waals surface area contributed by atoms with E-state index in [0.717, 1.165) is 43.9 Å². The van der Waals surface area contributed by atoms with Crippen molar-refractivity contribution in [3.05, 3.63) is 35.7 Å². The molecule has 0 bridgehead atoms. The molecule has 0 radical (unpaired) electrons. The van der Waals surface area contributed by atoms with Crippen LogP contribution in [0.1, 0.15) is 36.9 Å². The number of aromatic amines is 1. The number of nitrogen functional groups attached to an aromatic ring is 1. The molecule has 0 amide bonds. The van der Waals surface area contributed by atoms with E-state index in [2.05, 4.69) is 39.1 Å². The molecule has 0 unspecified atom stereocenters. The summed E-state index contributed by atoms with van der Waals surface area (Å²) < 4.78 is 0. The summed E-state index contributed by atoms with van der Waals surface area (Å²) in [6, 6.07) is 6.26. The molecular formula is C15H21N5. The van der Waals surface area contributed by atoms with Gasteiger partial charge in [0.25, 0.3) is 0 Å². The van der Waals surface area contributed by atoms with Crippen LogP contribution in [0.15, 0.2) is 24.4 Å². The predicted molar refractivity (Wildman–Crippen MR) is 80.8 cm³/mol. The minimum Gasteiger partial charge on any atom is -0.382 e. The van der Waals surface area contributed by atoms with Gasteiger partial charge in [-0.2, -0.15) is 5.10 Å². The molecule has 3 heterocycles. The second kappa shape index (κ2) is 5.53. The average molecular weight is 271 g/mol. The van der Waals surface area contributed by atoms with Gasteiger partial charge in [0.15, 0.2) is 0 Å². The minimum absolute atomic E-state index is 0.533. The molecule has 3 N–H and O–H groups in total. The number of nitrogens with zero attached hydrogens (tertiary/aromatic N) is 3. The van der Waals surface area contributed by atoms with E-state index in [9.17, 15) is 0 Å². The summed E-state index contributed by atoms with van der Waals surface area (Å²) in [4.78, 5) is 6.92. The van der Waals surface area contributed by atoms with E-state index < -0.39 is 0 Å². The van der Waals surface area contributed by atoms with Crippen LogP contribution in [0, 0.1) is 0 Å². The molecule has 1 aliphatic rings. The third kappa shape index (κ3) is 2.61. The van der Waals surface area contributed by atoms with Crippen LogP contribution in [0.4, 0.5) is 11.6 Å². The Kier molecular flexibility index (Phi) is 3.58. The van der Waals surface area contributed by atoms with E-state index in [1.807, 2.05) is 12.3 Å². The maximum Gasteiger partial charge on any atom is 0.145 e. The number of piperidine rings is 1. The number of hydrogen-bond acceptors (Lipinski definition) is 4. The Hall–Kier alpha value is -2.04. The van der Waals surface area contributed by atoms with E-state index in [4.69, 9.17) is 5.73 Å². The largest absolute Gasteiger partial charge is 0.382 e. The molecule has 2 aromatic rings. The van der Waals surface area contributed by atoms with Gasteiger partial charge in [-0.1, -0.05) is 13.0 Å². The highest BCUT2D eigenvalue weighted by molar-refractivity contribution is 5.40. The molecule has 5 nitrogen and oxygen atoms in total. The van der Waals surface area contributed by atoms with E-state index in [-0.39, 0.29) is 0 Å². The van der Waals surface area contributed by atoms with Crippen LogP contribution >= 0.6 is 0 Å². The topological polar surface area (TPSA) is 70.8 Å². The fourth-order valence-electron chi connectivity index (χ4n) is 2.79. The van der Waals surface area contributed by atoms with Crippen LogP contribution in [0.25, 0.3) is 0 Å². The van der Waals surface area contributed by atoms with E-state index in [0.29, 0.717) is 11.7 Å². The second-order valence-electron chi connectivity index (χ2n) is 5.39. The number of hydrogen-bond donors (Lipinski definition) is 2. The summed E-state index contributed by atoms with van der Waals surface area (Å²) >= 11 is 0. The van der Waals surface area contributed by atoms with Crippen LogP contribution in [-0.4, -0.2) is 28.3 Å². The van der Waals surface area contributed by atoms with Crippen molar-refractivity contribution in [1.82, 2.24) is 15.2 Å². The lowest BCUT2D eigenvalue weighted by atomic mass is 9.93. The zero-order valence-electron chi connectivity index (χ0n) is 11.8. The summed E-state index contributed by atoms with van der Waals surface area (Å²) in [5.74, 6) is 2.20. The molecule has 5 heteroatoms. The number of anilines is 2. The van der Waals surface area contributed by atoms with E-state index in [1.165, 1.54) is 5.56 Å². The Morgan fingerprint density at radius 1 is 1.35 bits per heavy atom. The molecule has 0 aliphatic carbocycles. The molecule has 0 atom stereocenters. The smallest absolute Gasteiger partial charge is 0.145 e. The highest BCUT2D eigenvalue weighted by Gasteiger charge is 2.22. The quantitative estimate of drug-likeness (QED) is 0.899. The first-order chi connectivity index (χ1) is 9.76. The number of rotatable bonds is 3. The van der Waals surface area contributed by atoms with Crippen molar-refractivity contribution in [2.75, 3.05) is 23.7 Å². The predicted octanol–water partition coefficient (Wildman–Crippen LogP) is 2.33. The molecule has 0 spiro atoms. The van der Waals surface area contributed by atoms with Crippen molar-refractivity contribution in [3.8, 4) is 0 Å². The lowest BCUT2D eigenvalue weighted by molar-refractivity contribution is 0.493. The zero-order chi connectivity index (χ0) is 13.9. The van der Waals surface area contributed by atoms with Gasteiger partial charge in [-0.15, -0.1) is 0 Å². The Bertz CT molecular complexity index is 552. The number of H-pyrrole nitrogens is 1. The number of aryl methyl sites for hydroxylation is 1. The Labute approximate surface area is 119 Å². The summed E-state index contributed by atoms with van der Waals surface area (Å²) in [6.45, 7) is 4.21. The van der Waals surface area contributed by atoms with Crippen LogP contribution < -0.4 is 10.6 Å². The monoisotopic (exact) mass is 271 g/mol. The molecular weight excluding hydrogens is 250 g/mol. The van der Waals surface area contributed by atoms with E-state index in [1.54, 1.807) is 0 Å². The fourth-order valence-corrected chi connectivity index (χ4v) is 2.79. The van der Waals surface area contributed by atoms with Crippen molar-refractivity contribution < 1.29 is 0 Å². The van der Waals surface area contributed by atoms with Gasteiger partial charge in [0, 0.05) is 37.0 Å². The van der Waals surface area contributed by atoms with Crippen molar-refractivity contribution in [1.29, 1.82) is 0 Å². The third-order valence-corrected chi connectivity index (χ3v) is 4.09. The SMILES string of the molecule is CCc1ccc(N2CCC(c3cc(N)n[nH]3)CC2)nc1. The Morgan fingerprint density at radius 2 is 2.15 bits per heavy atom. The highest BCUT2D eigenvalue weighted by Crippen LogP contribution is 2.29. The minimum atomic E-state index is 0.533. The number of aromatic nitrogens is 3. The summed E-state index contributed by atoms with van der Waals surface area (Å²) in [5, 5.41) is 7.05. The van der Waals surface area contributed by atoms with Crippen molar-refractivity contribution in [2.24, 2.45) is 0 Å². The molecule has 106 valence electrons. The van der Waals surface area contributed by atoms with Gasteiger partial charge < -0.3 is 10.6 Å². The second-order valence-corrected chi connectivity index (χ2v) is 5.39. The van der Waals surface area contributed by atoms with Gasteiger partial charge in [-0.3, -0.25) is 5.10 Å². The molecule has 20 heavy (non-hydrogen) atoms. The van der Waals surface area contributed by atoms with Gasteiger partial charge in [0.1, 0.15) is 11.6 Å². The van der Waals surface area contributed by atoms with Crippen LogP contribution in [0.2, 0.25) is 0 Å². The summed E-state index contributed by atoms with van der Waals surface area (Å²) in [6.07, 6.45) is 5.24. The van der Waals surface area contributed by atoms with Crippen molar-refractivity contribution >= 4 is 11.6 Å². The molecule has 1 fully saturated rings. The molecule has 0 saturated carbocycles. The fraction of sp³-hybridized carbons (Fsp3) is 0.467. The van der Waals surface area contributed by atoms with Gasteiger partial charge in [-0.05, 0) is 30.9 Å². The van der Waals surface area contributed by atoms with Gasteiger partial charge in [-0.25, -0.2) is 4.98 Å². The third-order valence-electron chi connectivity index (χ3n) is 4.09. The molecule has 2 aromatic heterocycles. The van der Waals surface area contributed by atoms with Crippen LogP contribution in [0.3, 0.4) is 0 Å². The summed E-state index contributed by atoms with van der Waals surface area (Å²) in [5.41, 5.74) is 8.12. The van der Waals surface area contributed by atoms with Crippen molar-refractivity contribution in [3.63, 3.8) is 0 Å². The highest BCUT2D eigenvalue weighted by atomic mass is 15.2. The number of nitrogens with one attached hydrogen (secondary N) is 1. The van der Waals surface area contributed by atoms with E-state index >= 15 is 0 Å². The van der Waals surface area contributed by atoms with Gasteiger partial charge >= 0.3 is 0 Å². The molecule has 0 aromatic carbocycles. The molecule has 1 saturated heterocycles. The summed E-state index contributed by atoms with van der Waals surface area (Å²) in [7, 11) is 0. The lowest BCUT2D eigenvalue weighted by Gasteiger charge is -2.32. The average Bonchev–Trinajstić information content (AvgIpc) is 2.94. The Balaban J connectivity index is 1.63. The number of pyridine rings is 1. The molecule has 1 aliphatic heterocycles.